The van der Waals surface area contributed by atoms with E-state index in [0.717, 1.165) is 0 Å². The van der Waals surface area contributed by atoms with E-state index < -0.39 is 0 Å². The number of carbonyl (C=O) groups excluding carboxylic acids is 2. The first-order chi connectivity index (χ1) is 8.69. The van der Waals surface area contributed by atoms with Gasteiger partial charge in [0.15, 0.2) is 0 Å². The Bertz CT molecular complexity index is 444. The van der Waals surface area contributed by atoms with E-state index in [4.69, 9.17) is 4.74 Å². The second-order valence-electron chi connectivity index (χ2n) is 4.00. The number of esters is 1. The summed E-state index contributed by atoms with van der Waals surface area (Å²) in [5.74, 6) is 0.300. The van der Waals surface area contributed by atoms with E-state index >= 15 is 0 Å². The van der Waals surface area contributed by atoms with E-state index in [1.807, 2.05) is 0 Å². The summed E-state index contributed by atoms with van der Waals surface area (Å²) in [6, 6.07) is 3.41. The fourth-order valence-electron chi connectivity index (χ4n) is 1.73. The predicted octanol–water partition coefficient (Wildman–Crippen LogP) is 0.559. The van der Waals surface area contributed by atoms with Crippen LogP contribution >= 0.6 is 0 Å². The fraction of sp³-hybridized carbons (Fsp3) is 0.417. The van der Waals surface area contributed by atoms with Crippen LogP contribution in [0.5, 0.6) is 0 Å². The van der Waals surface area contributed by atoms with Gasteiger partial charge in [-0.05, 0) is 19.1 Å². The van der Waals surface area contributed by atoms with Gasteiger partial charge in [0.05, 0.1) is 18.2 Å². The third kappa shape index (κ3) is 2.97. The molecule has 2 rings (SSSR count). The summed E-state index contributed by atoms with van der Waals surface area (Å²) in [6.45, 7) is 2.69. The van der Waals surface area contributed by atoms with Crippen LogP contribution in [-0.4, -0.2) is 36.1 Å². The Morgan fingerprint density at radius 3 is 3.00 bits per heavy atom. The van der Waals surface area contributed by atoms with Gasteiger partial charge in [0.2, 0.25) is 5.91 Å². The molecule has 1 aliphatic heterocycles. The van der Waals surface area contributed by atoms with Crippen molar-refractivity contribution in [2.24, 2.45) is 0 Å². The van der Waals surface area contributed by atoms with Crippen molar-refractivity contribution in [1.82, 2.24) is 10.3 Å². The minimum atomic E-state index is -0.380. The van der Waals surface area contributed by atoms with Crippen molar-refractivity contribution in [2.45, 2.75) is 19.4 Å². The van der Waals surface area contributed by atoms with Crippen LogP contribution in [0.25, 0.3) is 0 Å². The lowest BCUT2D eigenvalue weighted by atomic mass is 10.2. The quantitative estimate of drug-likeness (QED) is 0.762. The highest BCUT2D eigenvalue weighted by molar-refractivity contribution is 5.89. The lowest BCUT2D eigenvalue weighted by molar-refractivity contribution is -0.119. The Morgan fingerprint density at radius 2 is 2.44 bits per heavy atom. The minimum Gasteiger partial charge on any atom is -0.462 e. The molecule has 1 amide bonds. The zero-order valence-corrected chi connectivity index (χ0v) is 10.1. The summed E-state index contributed by atoms with van der Waals surface area (Å²) in [4.78, 5) is 26.6. The van der Waals surface area contributed by atoms with Gasteiger partial charge in [-0.2, -0.15) is 0 Å². The van der Waals surface area contributed by atoms with E-state index in [0.29, 0.717) is 31.0 Å². The van der Waals surface area contributed by atoms with Crippen molar-refractivity contribution in [3.63, 3.8) is 0 Å². The van der Waals surface area contributed by atoms with Gasteiger partial charge in [0.1, 0.15) is 5.82 Å². The molecule has 0 spiro atoms. The number of nitrogens with zero attached hydrogens (tertiary/aromatic N) is 1. The molecule has 0 bridgehead atoms. The zero-order chi connectivity index (χ0) is 13.0. The highest BCUT2D eigenvalue weighted by Crippen LogP contribution is 2.10. The molecule has 6 heteroatoms. The number of anilines is 1. The number of nitrogens with one attached hydrogen (secondary N) is 2. The number of hydrogen-bond acceptors (Lipinski definition) is 5. The second kappa shape index (κ2) is 5.48. The Balaban J connectivity index is 1.95. The lowest BCUT2D eigenvalue weighted by Gasteiger charge is -2.11. The van der Waals surface area contributed by atoms with E-state index in [9.17, 15) is 9.59 Å². The van der Waals surface area contributed by atoms with Gasteiger partial charge >= 0.3 is 5.97 Å². The molecule has 1 aliphatic rings. The molecule has 1 unspecified atom stereocenters. The maximum absolute atomic E-state index is 11.4. The SMILES string of the molecule is CCOC(=O)c1ccc(NC2CNC(=O)C2)nc1. The van der Waals surface area contributed by atoms with Crippen LogP contribution in [0.4, 0.5) is 5.82 Å². The van der Waals surface area contributed by atoms with Crippen molar-refractivity contribution >= 4 is 17.7 Å². The molecule has 2 N–H and O–H groups in total. The molecule has 18 heavy (non-hydrogen) atoms. The number of ether oxygens (including phenoxy) is 1. The number of amides is 1. The highest BCUT2D eigenvalue weighted by atomic mass is 16.5. The average Bonchev–Trinajstić information content (AvgIpc) is 2.76. The van der Waals surface area contributed by atoms with Gasteiger partial charge in [0.25, 0.3) is 0 Å². The standard InChI is InChI=1S/C12H15N3O3/c1-2-18-12(17)8-3-4-10(13-6-8)15-9-5-11(16)14-7-9/h3-4,6,9H,2,5,7H2,1H3,(H,13,15)(H,14,16). The van der Waals surface area contributed by atoms with Crippen LogP contribution in [0.2, 0.25) is 0 Å². The number of carbonyl (C=O) groups is 2. The predicted molar refractivity (Wildman–Crippen MR) is 65.2 cm³/mol. The van der Waals surface area contributed by atoms with E-state index in [1.54, 1.807) is 19.1 Å². The molecule has 0 aromatic carbocycles. The van der Waals surface area contributed by atoms with Gasteiger partial charge in [-0.3, -0.25) is 4.79 Å². The Kier molecular flexibility index (Phi) is 3.76. The maximum atomic E-state index is 11.4. The molecule has 1 fully saturated rings. The highest BCUT2D eigenvalue weighted by Gasteiger charge is 2.21. The van der Waals surface area contributed by atoms with E-state index in [1.165, 1.54) is 6.20 Å². The van der Waals surface area contributed by atoms with Crippen LogP contribution in [0.3, 0.4) is 0 Å². The maximum Gasteiger partial charge on any atom is 0.339 e. The minimum absolute atomic E-state index is 0.0376. The van der Waals surface area contributed by atoms with Crippen molar-refractivity contribution in [3.05, 3.63) is 23.9 Å². The molecule has 0 aliphatic carbocycles. The molecule has 1 aromatic rings. The topological polar surface area (TPSA) is 80.3 Å². The average molecular weight is 249 g/mol. The molecular weight excluding hydrogens is 234 g/mol. The first-order valence-corrected chi connectivity index (χ1v) is 5.85. The molecule has 0 saturated carbocycles. The van der Waals surface area contributed by atoms with Crippen LogP contribution in [0.15, 0.2) is 18.3 Å². The van der Waals surface area contributed by atoms with Crippen LogP contribution in [0, 0.1) is 0 Å². The largest absolute Gasteiger partial charge is 0.462 e. The molecule has 1 saturated heterocycles. The number of pyridine rings is 1. The van der Waals surface area contributed by atoms with Crippen LogP contribution < -0.4 is 10.6 Å². The molecule has 96 valence electrons. The van der Waals surface area contributed by atoms with E-state index in [-0.39, 0.29) is 17.9 Å². The molecule has 1 atom stereocenters. The smallest absolute Gasteiger partial charge is 0.339 e. The monoisotopic (exact) mass is 249 g/mol. The van der Waals surface area contributed by atoms with Crippen molar-refractivity contribution < 1.29 is 14.3 Å². The van der Waals surface area contributed by atoms with Gasteiger partial charge in [-0.25, -0.2) is 9.78 Å². The van der Waals surface area contributed by atoms with Crippen molar-refractivity contribution in [3.8, 4) is 0 Å². The third-order valence-electron chi connectivity index (χ3n) is 2.60. The summed E-state index contributed by atoms with van der Waals surface area (Å²) >= 11 is 0. The number of rotatable bonds is 4. The fourth-order valence-corrected chi connectivity index (χ4v) is 1.73. The zero-order valence-electron chi connectivity index (χ0n) is 10.1. The Morgan fingerprint density at radius 1 is 1.61 bits per heavy atom. The molecule has 0 radical (unpaired) electrons. The normalized spacial score (nSPS) is 18.3. The first-order valence-electron chi connectivity index (χ1n) is 5.85. The molecule has 2 heterocycles. The summed E-state index contributed by atoms with van der Waals surface area (Å²) in [5, 5.41) is 5.86. The third-order valence-corrected chi connectivity index (χ3v) is 2.60. The molecule has 6 nitrogen and oxygen atoms in total. The van der Waals surface area contributed by atoms with Crippen LogP contribution in [0.1, 0.15) is 23.7 Å². The summed E-state index contributed by atoms with van der Waals surface area (Å²) < 4.78 is 4.86. The summed E-state index contributed by atoms with van der Waals surface area (Å²) in [5.41, 5.74) is 0.419. The second-order valence-corrected chi connectivity index (χ2v) is 4.00. The van der Waals surface area contributed by atoms with Crippen LogP contribution in [-0.2, 0) is 9.53 Å². The lowest BCUT2D eigenvalue weighted by Crippen LogP contribution is -2.22. The number of hydrogen-bond donors (Lipinski definition) is 2. The van der Waals surface area contributed by atoms with Gasteiger partial charge in [0, 0.05) is 19.2 Å². The Hall–Kier alpha value is -2.11. The van der Waals surface area contributed by atoms with Gasteiger partial charge < -0.3 is 15.4 Å². The summed E-state index contributed by atoms with van der Waals surface area (Å²) in [6.07, 6.45) is 1.91. The Labute approximate surface area is 105 Å². The first kappa shape index (κ1) is 12.3. The van der Waals surface area contributed by atoms with Crippen molar-refractivity contribution in [2.75, 3.05) is 18.5 Å². The molecular formula is C12H15N3O3. The summed E-state index contributed by atoms with van der Waals surface area (Å²) in [7, 11) is 0. The van der Waals surface area contributed by atoms with Crippen molar-refractivity contribution in [1.29, 1.82) is 0 Å². The van der Waals surface area contributed by atoms with E-state index in [2.05, 4.69) is 15.6 Å². The van der Waals surface area contributed by atoms with Gasteiger partial charge in [-0.1, -0.05) is 0 Å². The number of aromatic nitrogens is 1. The van der Waals surface area contributed by atoms with Gasteiger partial charge in [-0.15, -0.1) is 0 Å². The molecule has 1 aromatic heterocycles.